The molecule has 3 nitrogen and oxygen atoms in total. The van der Waals surface area contributed by atoms with E-state index in [9.17, 15) is 9.59 Å². The molecule has 0 aliphatic carbocycles. The van der Waals surface area contributed by atoms with Gasteiger partial charge in [0.1, 0.15) is 0 Å². The van der Waals surface area contributed by atoms with E-state index in [1.165, 1.54) is 18.2 Å². The molecule has 0 radical (unpaired) electrons. The van der Waals surface area contributed by atoms with Gasteiger partial charge in [-0.2, -0.15) is 0 Å². The molecule has 0 fully saturated rings. The third-order valence-electron chi connectivity index (χ3n) is 2.21. The van der Waals surface area contributed by atoms with E-state index in [1.54, 1.807) is 12.2 Å². The molecule has 0 aromatic carbocycles. The predicted octanol–water partition coefficient (Wildman–Crippen LogP) is 2.50. The van der Waals surface area contributed by atoms with Gasteiger partial charge in [-0.15, -0.1) is 6.58 Å². The largest absolute Gasteiger partial charge is 0.269 e. The van der Waals surface area contributed by atoms with Crippen molar-refractivity contribution >= 4 is 11.8 Å². The standard InChI is InChI=1S/C14H15NO2/c1-3-5-6-7-8-9-12(4-2)15-13(16)10-11-14(15)17/h3-4,6-7,9-11H,1-2,5,8H2/b7-6-,12-9+. The van der Waals surface area contributed by atoms with Crippen molar-refractivity contribution in [2.24, 2.45) is 0 Å². The molecule has 0 spiro atoms. The van der Waals surface area contributed by atoms with E-state index in [1.807, 2.05) is 12.2 Å². The molecule has 0 atom stereocenters. The van der Waals surface area contributed by atoms with Gasteiger partial charge >= 0.3 is 0 Å². The monoisotopic (exact) mass is 229 g/mol. The molecular formula is C14H15NO2. The fourth-order valence-electron chi connectivity index (χ4n) is 1.40. The van der Waals surface area contributed by atoms with Crippen LogP contribution in [-0.2, 0) is 9.59 Å². The quantitative estimate of drug-likeness (QED) is 0.398. The van der Waals surface area contributed by atoms with E-state index in [4.69, 9.17) is 0 Å². The Labute approximate surface area is 101 Å². The Bertz CT molecular complexity index is 410. The van der Waals surface area contributed by atoms with Crippen LogP contribution in [0.2, 0.25) is 0 Å². The van der Waals surface area contributed by atoms with Gasteiger partial charge < -0.3 is 0 Å². The van der Waals surface area contributed by atoms with Gasteiger partial charge in [0.15, 0.2) is 0 Å². The topological polar surface area (TPSA) is 37.4 Å². The summed E-state index contributed by atoms with van der Waals surface area (Å²) in [6.45, 7) is 7.21. The highest BCUT2D eigenvalue weighted by molar-refractivity contribution is 6.14. The van der Waals surface area contributed by atoms with Gasteiger partial charge in [0.05, 0.1) is 0 Å². The van der Waals surface area contributed by atoms with E-state index in [2.05, 4.69) is 13.2 Å². The summed E-state index contributed by atoms with van der Waals surface area (Å²) in [4.78, 5) is 23.9. The van der Waals surface area contributed by atoms with Gasteiger partial charge in [-0.3, -0.25) is 9.59 Å². The Morgan fingerprint density at radius 1 is 1.12 bits per heavy atom. The van der Waals surface area contributed by atoms with Crippen molar-refractivity contribution in [3.63, 3.8) is 0 Å². The lowest BCUT2D eigenvalue weighted by Gasteiger charge is -2.14. The van der Waals surface area contributed by atoms with E-state index in [0.717, 1.165) is 11.3 Å². The summed E-state index contributed by atoms with van der Waals surface area (Å²) in [6, 6.07) is 0. The Balaban J connectivity index is 2.68. The highest BCUT2D eigenvalue weighted by Gasteiger charge is 2.24. The molecule has 88 valence electrons. The summed E-state index contributed by atoms with van der Waals surface area (Å²) in [7, 11) is 0. The Hall–Kier alpha value is -2.16. The molecule has 0 saturated carbocycles. The first-order valence-corrected chi connectivity index (χ1v) is 5.35. The van der Waals surface area contributed by atoms with Crippen molar-refractivity contribution in [2.45, 2.75) is 12.8 Å². The maximum absolute atomic E-state index is 11.4. The van der Waals surface area contributed by atoms with E-state index >= 15 is 0 Å². The number of hydrogen-bond donors (Lipinski definition) is 0. The van der Waals surface area contributed by atoms with Crippen LogP contribution in [-0.4, -0.2) is 16.7 Å². The number of imide groups is 1. The molecule has 0 unspecified atom stereocenters. The summed E-state index contributed by atoms with van der Waals surface area (Å²) >= 11 is 0. The number of amides is 2. The third-order valence-corrected chi connectivity index (χ3v) is 2.21. The maximum atomic E-state index is 11.4. The Morgan fingerprint density at radius 2 is 1.71 bits per heavy atom. The minimum absolute atomic E-state index is 0.323. The van der Waals surface area contributed by atoms with Crippen molar-refractivity contribution in [3.05, 3.63) is 61.4 Å². The molecule has 2 amide bonds. The van der Waals surface area contributed by atoms with Crippen molar-refractivity contribution in [2.75, 3.05) is 0 Å². The predicted molar refractivity (Wildman–Crippen MR) is 67.8 cm³/mol. The lowest BCUT2D eigenvalue weighted by molar-refractivity contribution is -0.134. The Morgan fingerprint density at radius 3 is 2.24 bits per heavy atom. The molecule has 17 heavy (non-hydrogen) atoms. The summed E-state index contributed by atoms with van der Waals surface area (Å²) in [6.07, 6.45) is 13.0. The van der Waals surface area contributed by atoms with Crippen LogP contribution < -0.4 is 0 Å². The molecule has 1 heterocycles. The van der Waals surface area contributed by atoms with Crippen LogP contribution in [0.3, 0.4) is 0 Å². The number of carbonyl (C=O) groups is 2. The van der Waals surface area contributed by atoms with Gasteiger partial charge in [-0.25, -0.2) is 4.90 Å². The fourth-order valence-corrected chi connectivity index (χ4v) is 1.40. The molecule has 1 aliphatic rings. The second kappa shape index (κ2) is 6.43. The van der Waals surface area contributed by atoms with Crippen LogP contribution in [0.4, 0.5) is 0 Å². The molecule has 3 heteroatoms. The summed E-state index contributed by atoms with van der Waals surface area (Å²) in [5.74, 6) is -0.646. The van der Waals surface area contributed by atoms with E-state index in [-0.39, 0.29) is 11.8 Å². The van der Waals surface area contributed by atoms with Gasteiger partial charge in [0.25, 0.3) is 11.8 Å². The summed E-state index contributed by atoms with van der Waals surface area (Å²) < 4.78 is 0. The van der Waals surface area contributed by atoms with Crippen LogP contribution in [0.15, 0.2) is 61.4 Å². The van der Waals surface area contributed by atoms with Crippen molar-refractivity contribution < 1.29 is 9.59 Å². The van der Waals surface area contributed by atoms with Crippen LogP contribution in [0.25, 0.3) is 0 Å². The maximum Gasteiger partial charge on any atom is 0.258 e. The number of nitrogens with zero attached hydrogens (tertiary/aromatic N) is 1. The zero-order valence-corrected chi connectivity index (χ0v) is 9.63. The van der Waals surface area contributed by atoms with Crippen molar-refractivity contribution in [1.29, 1.82) is 0 Å². The lowest BCUT2D eigenvalue weighted by Crippen LogP contribution is -2.28. The molecule has 1 rings (SSSR count). The number of allylic oxidation sites excluding steroid dienone is 5. The minimum Gasteiger partial charge on any atom is -0.269 e. The summed E-state index contributed by atoms with van der Waals surface area (Å²) in [5, 5.41) is 0. The van der Waals surface area contributed by atoms with E-state index in [0.29, 0.717) is 12.1 Å². The zero-order chi connectivity index (χ0) is 12.7. The average molecular weight is 229 g/mol. The second-order valence-corrected chi connectivity index (χ2v) is 3.41. The van der Waals surface area contributed by atoms with E-state index < -0.39 is 0 Å². The normalized spacial score (nSPS) is 16.0. The first-order chi connectivity index (χ1) is 8.20. The highest BCUT2D eigenvalue weighted by Crippen LogP contribution is 2.14. The van der Waals surface area contributed by atoms with Gasteiger partial charge in [-0.05, 0) is 18.9 Å². The van der Waals surface area contributed by atoms with Crippen molar-refractivity contribution in [3.8, 4) is 0 Å². The smallest absolute Gasteiger partial charge is 0.258 e. The highest BCUT2D eigenvalue weighted by atomic mass is 16.2. The fraction of sp³-hybridized carbons (Fsp3) is 0.143. The van der Waals surface area contributed by atoms with Crippen LogP contribution in [0.1, 0.15) is 12.8 Å². The molecule has 1 aliphatic heterocycles. The molecule has 0 bridgehead atoms. The number of carbonyl (C=O) groups excluding carboxylic acids is 2. The van der Waals surface area contributed by atoms with Gasteiger partial charge in [-0.1, -0.05) is 30.9 Å². The Kier molecular flexibility index (Phi) is 4.88. The molecule has 0 saturated heterocycles. The minimum atomic E-state index is -0.323. The SMILES string of the molecule is C=CC/C=C\C/C=C(\C=C)N1C(=O)C=CC1=O. The second-order valence-electron chi connectivity index (χ2n) is 3.41. The lowest BCUT2D eigenvalue weighted by atomic mass is 10.2. The van der Waals surface area contributed by atoms with Crippen LogP contribution in [0.5, 0.6) is 0 Å². The molecule has 0 N–H and O–H groups in total. The van der Waals surface area contributed by atoms with Crippen molar-refractivity contribution in [1.82, 2.24) is 4.90 Å². The summed E-state index contributed by atoms with van der Waals surface area (Å²) in [5.41, 5.74) is 0.522. The van der Waals surface area contributed by atoms with Gasteiger partial charge in [0.2, 0.25) is 0 Å². The average Bonchev–Trinajstić information content (AvgIpc) is 2.65. The number of rotatable bonds is 6. The first-order valence-electron chi connectivity index (χ1n) is 5.35. The third kappa shape index (κ3) is 3.41. The van der Waals surface area contributed by atoms with Gasteiger partial charge in [0, 0.05) is 17.8 Å². The first kappa shape index (κ1) is 12.9. The zero-order valence-electron chi connectivity index (χ0n) is 9.63. The molecule has 0 aromatic heterocycles. The molecule has 0 aromatic rings. The molecular weight excluding hydrogens is 214 g/mol. The number of hydrogen-bond acceptors (Lipinski definition) is 2. The van der Waals surface area contributed by atoms with Crippen LogP contribution in [0, 0.1) is 0 Å². The van der Waals surface area contributed by atoms with Crippen LogP contribution >= 0.6 is 0 Å².